The Morgan fingerprint density at radius 1 is 1.04 bits per heavy atom. The molecular formula is C19H15Cl2NO3. The zero-order chi connectivity index (χ0) is 17.7. The molecule has 0 aliphatic carbocycles. The summed E-state index contributed by atoms with van der Waals surface area (Å²) in [6.45, 7) is 4.61. The van der Waals surface area contributed by atoms with Gasteiger partial charge in [-0.15, -0.1) is 0 Å². The molecule has 4 rings (SSSR count). The van der Waals surface area contributed by atoms with Gasteiger partial charge in [0.05, 0.1) is 12.1 Å². The van der Waals surface area contributed by atoms with Crippen molar-refractivity contribution in [1.82, 2.24) is 0 Å². The summed E-state index contributed by atoms with van der Waals surface area (Å²) in [5.41, 5.74) is 3.51. The van der Waals surface area contributed by atoms with E-state index in [0.717, 1.165) is 28.0 Å². The third-order valence-corrected chi connectivity index (χ3v) is 5.06. The molecule has 0 saturated carbocycles. The Kier molecular flexibility index (Phi) is 3.89. The van der Waals surface area contributed by atoms with E-state index in [2.05, 4.69) is 0 Å². The predicted octanol–water partition coefficient (Wildman–Crippen LogP) is 5.07. The maximum atomic E-state index is 12.1. The lowest BCUT2D eigenvalue weighted by Crippen LogP contribution is -2.32. The second-order valence-electron chi connectivity index (χ2n) is 6.16. The van der Waals surface area contributed by atoms with Crippen LogP contribution in [0.3, 0.4) is 0 Å². The average Bonchev–Trinajstić information content (AvgIpc) is 2.58. The molecule has 3 aromatic rings. The number of nitrogens with zero attached hydrogens (tertiary/aromatic N) is 1. The van der Waals surface area contributed by atoms with Crippen molar-refractivity contribution < 1.29 is 9.15 Å². The number of hydrogen-bond acceptors (Lipinski definition) is 4. The van der Waals surface area contributed by atoms with Crippen LogP contribution in [0.4, 0.5) is 5.69 Å². The first-order chi connectivity index (χ1) is 11.9. The highest BCUT2D eigenvalue weighted by atomic mass is 35.5. The molecule has 1 aliphatic heterocycles. The lowest BCUT2D eigenvalue weighted by Gasteiger charge is -2.31. The van der Waals surface area contributed by atoms with Gasteiger partial charge in [-0.05, 0) is 49.7 Å². The van der Waals surface area contributed by atoms with Crippen LogP contribution in [0.5, 0.6) is 5.75 Å². The maximum absolute atomic E-state index is 12.1. The summed E-state index contributed by atoms with van der Waals surface area (Å²) in [4.78, 5) is 14.1. The second kappa shape index (κ2) is 5.97. The van der Waals surface area contributed by atoms with Crippen LogP contribution in [0.1, 0.15) is 16.7 Å². The number of rotatable bonds is 1. The first-order valence-electron chi connectivity index (χ1n) is 7.84. The van der Waals surface area contributed by atoms with Gasteiger partial charge in [-0.2, -0.15) is 0 Å². The van der Waals surface area contributed by atoms with Crippen LogP contribution < -0.4 is 15.3 Å². The minimum absolute atomic E-state index is 0.318. The fraction of sp³-hybridized carbons (Fsp3) is 0.211. The smallest absolute Gasteiger partial charge is 0.339 e. The Balaban J connectivity index is 1.86. The number of fused-ring (bicyclic) bond motifs is 3. The summed E-state index contributed by atoms with van der Waals surface area (Å²) in [7, 11) is 0. The molecule has 0 saturated heterocycles. The average molecular weight is 376 g/mol. The van der Waals surface area contributed by atoms with Crippen molar-refractivity contribution in [1.29, 1.82) is 0 Å². The molecule has 0 bridgehead atoms. The van der Waals surface area contributed by atoms with Crippen molar-refractivity contribution in [3.8, 4) is 5.75 Å². The minimum atomic E-state index is -0.318. The molecule has 0 radical (unpaired) electrons. The van der Waals surface area contributed by atoms with Crippen LogP contribution in [0.25, 0.3) is 11.0 Å². The number of ether oxygens (including phenoxy) is 1. The van der Waals surface area contributed by atoms with Gasteiger partial charge in [0.2, 0.25) is 0 Å². The zero-order valence-electron chi connectivity index (χ0n) is 13.7. The molecule has 4 nitrogen and oxygen atoms in total. The molecule has 6 heteroatoms. The number of benzene rings is 2. The molecule has 2 heterocycles. The highest BCUT2D eigenvalue weighted by Crippen LogP contribution is 2.36. The molecule has 2 aromatic carbocycles. The summed E-state index contributed by atoms with van der Waals surface area (Å²) < 4.78 is 11.5. The zero-order valence-corrected chi connectivity index (χ0v) is 15.2. The molecule has 1 aliphatic rings. The van der Waals surface area contributed by atoms with E-state index in [-0.39, 0.29) is 5.63 Å². The van der Waals surface area contributed by atoms with Gasteiger partial charge in [-0.1, -0.05) is 23.2 Å². The highest BCUT2D eigenvalue weighted by molar-refractivity contribution is 6.35. The standard InChI is InChI=1S/C19H15Cl2NO3/c1-10-11(2)19(23)25-18-15(10)3-4-17-16(18)8-22(9-24-17)14-6-12(20)5-13(21)7-14/h3-7H,8-9H2,1-2H3. The molecule has 0 N–H and O–H groups in total. The lowest BCUT2D eigenvalue weighted by molar-refractivity contribution is 0.289. The van der Waals surface area contributed by atoms with E-state index in [1.165, 1.54) is 0 Å². The molecule has 0 atom stereocenters. The van der Waals surface area contributed by atoms with Gasteiger partial charge in [0, 0.05) is 26.7 Å². The topological polar surface area (TPSA) is 42.7 Å². The Morgan fingerprint density at radius 2 is 1.76 bits per heavy atom. The van der Waals surface area contributed by atoms with Gasteiger partial charge in [0.15, 0.2) is 6.73 Å². The van der Waals surface area contributed by atoms with E-state index in [4.69, 9.17) is 32.4 Å². The van der Waals surface area contributed by atoms with Crippen LogP contribution in [0, 0.1) is 13.8 Å². The highest BCUT2D eigenvalue weighted by Gasteiger charge is 2.23. The third-order valence-electron chi connectivity index (χ3n) is 4.62. The van der Waals surface area contributed by atoms with Crippen molar-refractivity contribution in [2.24, 2.45) is 0 Å². The fourth-order valence-corrected chi connectivity index (χ4v) is 3.62. The summed E-state index contributed by atoms with van der Waals surface area (Å²) in [6.07, 6.45) is 0. The van der Waals surface area contributed by atoms with E-state index >= 15 is 0 Å². The Bertz CT molecular complexity index is 1040. The van der Waals surface area contributed by atoms with Crippen LogP contribution >= 0.6 is 23.2 Å². The summed E-state index contributed by atoms with van der Waals surface area (Å²) in [6, 6.07) is 9.21. The lowest BCUT2D eigenvalue weighted by atomic mass is 10.0. The van der Waals surface area contributed by atoms with Crippen LogP contribution in [-0.2, 0) is 6.54 Å². The maximum Gasteiger partial charge on any atom is 0.339 e. The van der Waals surface area contributed by atoms with Gasteiger partial charge >= 0.3 is 5.63 Å². The molecular weight excluding hydrogens is 361 g/mol. The summed E-state index contributed by atoms with van der Waals surface area (Å²) in [5, 5.41) is 2.04. The summed E-state index contributed by atoms with van der Waals surface area (Å²) >= 11 is 12.2. The van der Waals surface area contributed by atoms with Gasteiger partial charge in [0.25, 0.3) is 0 Å². The van der Waals surface area contributed by atoms with Crippen LogP contribution in [0.15, 0.2) is 39.5 Å². The Hall–Kier alpha value is -2.17. The Labute approximate surface area is 154 Å². The summed E-state index contributed by atoms with van der Waals surface area (Å²) in [5.74, 6) is 0.725. The second-order valence-corrected chi connectivity index (χ2v) is 7.03. The van der Waals surface area contributed by atoms with Gasteiger partial charge in [-0.3, -0.25) is 0 Å². The quantitative estimate of drug-likeness (QED) is 0.556. The van der Waals surface area contributed by atoms with Gasteiger partial charge in [-0.25, -0.2) is 4.79 Å². The molecule has 0 amide bonds. The van der Waals surface area contributed by atoms with Crippen LogP contribution in [0.2, 0.25) is 10.0 Å². The van der Waals surface area contributed by atoms with Gasteiger partial charge in [0.1, 0.15) is 11.3 Å². The number of aryl methyl sites for hydroxylation is 1. The number of hydrogen-bond donors (Lipinski definition) is 0. The largest absolute Gasteiger partial charge is 0.473 e. The fourth-order valence-electron chi connectivity index (χ4n) is 3.10. The van der Waals surface area contributed by atoms with Crippen molar-refractivity contribution >= 4 is 39.9 Å². The molecule has 0 unspecified atom stereocenters. The minimum Gasteiger partial charge on any atom is -0.473 e. The molecule has 25 heavy (non-hydrogen) atoms. The molecule has 1 aromatic heterocycles. The normalized spacial score (nSPS) is 13.7. The van der Waals surface area contributed by atoms with E-state index < -0.39 is 0 Å². The predicted molar refractivity (Wildman–Crippen MR) is 100 cm³/mol. The van der Waals surface area contributed by atoms with Crippen molar-refractivity contribution in [2.45, 2.75) is 20.4 Å². The van der Waals surface area contributed by atoms with E-state index in [1.807, 2.05) is 36.1 Å². The van der Waals surface area contributed by atoms with Crippen LogP contribution in [-0.4, -0.2) is 6.73 Å². The van der Waals surface area contributed by atoms with Gasteiger partial charge < -0.3 is 14.1 Å². The first kappa shape index (κ1) is 16.3. The molecule has 0 spiro atoms. The Morgan fingerprint density at radius 3 is 2.48 bits per heavy atom. The monoisotopic (exact) mass is 375 g/mol. The van der Waals surface area contributed by atoms with E-state index in [1.54, 1.807) is 13.0 Å². The van der Waals surface area contributed by atoms with E-state index in [0.29, 0.717) is 34.5 Å². The SMILES string of the molecule is Cc1c(C)c2ccc3c(c2oc1=O)CN(c1cc(Cl)cc(Cl)c1)CO3. The number of anilines is 1. The molecule has 0 fully saturated rings. The number of halogens is 2. The molecule has 128 valence electrons. The third kappa shape index (κ3) is 2.75. The first-order valence-corrected chi connectivity index (χ1v) is 8.59. The van der Waals surface area contributed by atoms with Crippen molar-refractivity contribution in [2.75, 3.05) is 11.6 Å². The van der Waals surface area contributed by atoms with Crippen molar-refractivity contribution in [3.63, 3.8) is 0 Å². The van der Waals surface area contributed by atoms with Crippen molar-refractivity contribution in [3.05, 3.63) is 67.5 Å². The van der Waals surface area contributed by atoms with E-state index in [9.17, 15) is 4.79 Å².